The van der Waals surface area contributed by atoms with Crippen molar-refractivity contribution in [2.24, 2.45) is 0 Å². The predicted octanol–water partition coefficient (Wildman–Crippen LogP) is 2.09. The molecule has 0 bridgehead atoms. The fourth-order valence-corrected chi connectivity index (χ4v) is 1.65. The number of nitrogens with one attached hydrogen (secondary N) is 1. The van der Waals surface area contributed by atoms with Crippen molar-refractivity contribution in [1.29, 1.82) is 0 Å². The molecule has 1 aromatic carbocycles. The molecular formula is C13H10ClN3O4. The number of amides is 1. The van der Waals surface area contributed by atoms with Gasteiger partial charge >= 0.3 is 5.97 Å². The molecule has 0 unspecified atom stereocenters. The minimum atomic E-state index is -1.17. The fraction of sp³-hybridized carbons (Fsp3) is 0.0769. The number of halogens is 1. The van der Waals surface area contributed by atoms with Crippen LogP contribution in [0.15, 0.2) is 30.6 Å². The molecule has 8 heteroatoms. The number of hydrogen-bond acceptors (Lipinski definition) is 5. The lowest BCUT2D eigenvalue weighted by Gasteiger charge is -2.10. The van der Waals surface area contributed by atoms with Crippen LogP contribution < -0.4 is 10.1 Å². The highest BCUT2D eigenvalue weighted by atomic mass is 35.5. The molecule has 0 aliphatic heterocycles. The zero-order valence-corrected chi connectivity index (χ0v) is 11.6. The second-order valence-electron chi connectivity index (χ2n) is 3.90. The summed E-state index contributed by atoms with van der Waals surface area (Å²) in [5.74, 6) is -1.36. The summed E-state index contributed by atoms with van der Waals surface area (Å²) in [5.41, 5.74) is 0.0493. The molecule has 0 atom stereocenters. The number of carboxylic acid groups (broad SMARTS) is 1. The Kier molecular flexibility index (Phi) is 4.34. The number of nitrogens with zero attached hydrogens (tertiary/aromatic N) is 2. The van der Waals surface area contributed by atoms with Crippen molar-refractivity contribution in [1.82, 2.24) is 9.97 Å². The minimum Gasteiger partial charge on any atom is -0.497 e. The first-order valence-corrected chi connectivity index (χ1v) is 6.09. The second kappa shape index (κ2) is 6.19. The highest BCUT2D eigenvalue weighted by molar-refractivity contribution is 6.29. The summed E-state index contributed by atoms with van der Waals surface area (Å²) in [6.45, 7) is 0. The van der Waals surface area contributed by atoms with Gasteiger partial charge in [-0.2, -0.15) is 0 Å². The number of aromatic carboxylic acids is 1. The van der Waals surface area contributed by atoms with Gasteiger partial charge in [-0.1, -0.05) is 11.6 Å². The van der Waals surface area contributed by atoms with Crippen LogP contribution in [0.5, 0.6) is 5.75 Å². The molecule has 0 saturated carbocycles. The number of carboxylic acids is 1. The van der Waals surface area contributed by atoms with Crippen molar-refractivity contribution < 1.29 is 19.4 Å². The van der Waals surface area contributed by atoms with E-state index in [1.54, 1.807) is 0 Å². The summed E-state index contributed by atoms with van der Waals surface area (Å²) >= 11 is 5.58. The zero-order chi connectivity index (χ0) is 15.4. The molecule has 1 aromatic heterocycles. The maximum Gasteiger partial charge on any atom is 0.337 e. The lowest BCUT2D eigenvalue weighted by Crippen LogP contribution is -2.16. The molecule has 1 heterocycles. The van der Waals surface area contributed by atoms with Gasteiger partial charge < -0.3 is 15.2 Å². The van der Waals surface area contributed by atoms with E-state index in [1.165, 1.54) is 37.7 Å². The average molecular weight is 308 g/mol. The van der Waals surface area contributed by atoms with Crippen LogP contribution >= 0.6 is 11.6 Å². The van der Waals surface area contributed by atoms with Gasteiger partial charge in [0.05, 0.1) is 30.8 Å². The second-order valence-corrected chi connectivity index (χ2v) is 4.28. The highest BCUT2D eigenvalue weighted by Crippen LogP contribution is 2.23. The molecule has 7 nitrogen and oxygen atoms in total. The van der Waals surface area contributed by atoms with Crippen LogP contribution in [0.3, 0.4) is 0 Å². The monoisotopic (exact) mass is 307 g/mol. The molecule has 2 aromatic rings. The van der Waals surface area contributed by atoms with E-state index in [0.717, 1.165) is 0 Å². The Bertz CT molecular complexity index is 688. The van der Waals surface area contributed by atoms with Crippen LogP contribution in [0.4, 0.5) is 5.69 Å². The third-order valence-corrected chi connectivity index (χ3v) is 2.75. The van der Waals surface area contributed by atoms with E-state index in [4.69, 9.17) is 21.4 Å². The number of carbonyl (C=O) groups is 2. The summed E-state index contributed by atoms with van der Waals surface area (Å²) < 4.78 is 5.00. The maximum absolute atomic E-state index is 12.0. The Hall–Kier alpha value is -2.67. The predicted molar refractivity (Wildman–Crippen MR) is 74.9 cm³/mol. The summed E-state index contributed by atoms with van der Waals surface area (Å²) in [5, 5.41) is 11.7. The van der Waals surface area contributed by atoms with Gasteiger partial charge in [0.15, 0.2) is 0 Å². The van der Waals surface area contributed by atoms with Crippen molar-refractivity contribution in [3.8, 4) is 5.75 Å². The molecule has 0 saturated heterocycles. The molecule has 2 rings (SSSR count). The van der Waals surface area contributed by atoms with Crippen LogP contribution in [0, 0.1) is 0 Å². The van der Waals surface area contributed by atoms with E-state index in [0.29, 0.717) is 5.75 Å². The third kappa shape index (κ3) is 3.46. The first-order valence-electron chi connectivity index (χ1n) is 5.71. The highest BCUT2D eigenvalue weighted by Gasteiger charge is 2.15. The van der Waals surface area contributed by atoms with Crippen LogP contribution in [0.2, 0.25) is 5.15 Å². The van der Waals surface area contributed by atoms with E-state index in [1.807, 2.05) is 0 Å². The number of benzene rings is 1. The standard InChI is InChI=1S/C13H10ClN3O4/c1-21-7-2-3-8(13(19)20)9(4-7)17-12(18)10-5-16-11(14)6-15-10/h2-6H,1H3,(H,17,18)(H,19,20). The van der Waals surface area contributed by atoms with Crippen molar-refractivity contribution in [3.63, 3.8) is 0 Å². The van der Waals surface area contributed by atoms with Crippen LogP contribution in [0.1, 0.15) is 20.8 Å². The number of rotatable bonds is 4. The molecule has 0 aliphatic carbocycles. The van der Waals surface area contributed by atoms with Crippen molar-refractivity contribution in [2.45, 2.75) is 0 Å². The van der Waals surface area contributed by atoms with Gasteiger partial charge in [-0.3, -0.25) is 4.79 Å². The Labute approximate surface area is 124 Å². The van der Waals surface area contributed by atoms with Gasteiger partial charge in [0.2, 0.25) is 0 Å². The van der Waals surface area contributed by atoms with Crippen molar-refractivity contribution in [3.05, 3.63) is 47.0 Å². The maximum atomic E-state index is 12.0. The summed E-state index contributed by atoms with van der Waals surface area (Å²) in [6, 6.07) is 4.23. The quantitative estimate of drug-likeness (QED) is 0.896. The lowest BCUT2D eigenvalue weighted by molar-refractivity contribution is 0.0698. The number of carbonyl (C=O) groups excluding carboxylic acids is 1. The summed E-state index contributed by atoms with van der Waals surface area (Å²) in [4.78, 5) is 30.7. The third-order valence-electron chi connectivity index (χ3n) is 2.56. The summed E-state index contributed by atoms with van der Waals surface area (Å²) in [7, 11) is 1.44. The number of methoxy groups -OCH3 is 1. The molecule has 0 aliphatic rings. The fourth-order valence-electron chi connectivity index (χ4n) is 1.56. The first-order chi connectivity index (χ1) is 10.0. The van der Waals surface area contributed by atoms with E-state index in [9.17, 15) is 9.59 Å². The van der Waals surface area contributed by atoms with Gasteiger partial charge in [0.25, 0.3) is 5.91 Å². The lowest BCUT2D eigenvalue weighted by atomic mass is 10.1. The van der Waals surface area contributed by atoms with Crippen LogP contribution in [0.25, 0.3) is 0 Å². The molecule has 0 radical (unpaired) electrons. The Morgan fingerprint density at radius 3 is 2.62 bits per heavy atom. The van der Waals surface area contributed by atoms with Crippen molar-refractivity contribution >= 4 is 29.2 Å². The SMILES string of the molecule is COc1ccc(C(=O)O)c(NC(=O)c2cnc(Cl)cn2)c1. The Morgan fingerprint density at radius 2 is 2.05 bits per heavy atom. The molecule has 1 amide bonds. The smallest absolute Gasteiger partial charge is 0.337 e. The Balaban J connectivity index is 2.31. The number of anilines is 1. The van der Waals surface area contributed by atoms with Crippen molar-refractivity contribution in [2.75, 3.05) is 12.4 Å². The van der Waals surface area contributed by atoms with E-state index in [-0.39, 0.29) is 22.1 Å². The van der Waals surface area contributed by atoms with Crippen LogP contribution in [-0.4, -0.2) is 34.1 Å². The average Bonchev–Trinajstić information content (AvgIpc) is 2.47. The molecule has 0 fully saturated rings. The number of hydrogen-bond donors (Lipinski definition) is 2. The number of ether oxygens (including phenoxy) is 1. The molecule has 21 heavy (non-hydrogen) atoms. The minimum absolute atomic E-state index is 0.0126. The summed E-state index contributed by atoms with van der Waals surface area (Å²) in [6.07, 6.45) is 2.42. The van der Waals surface area contributed by atoms with Crippen LogP contribution in [-0.2, 0) is 0 Å². The molecule has 108 valence electrons. The van der Waals surface area contributed by atoms with Gasteiger partial charge in [0, 0.05) is 6.07 Å². The van der Waals surface area contributed by atoms with E-state index in [2.05, 4.69) is 15.3 Å². The normalized spacial score (nSPS) is 10.0. The largest absolute Gasteiger partial charge is 0.497 e. The molecule has 2 N–H and O–H groups in total. The van der Waals surface area contributed by atoms with E-state index >= 15 is 0 Å². The first kappa shape index (κ1) is 14.7. The molecule has 0 spiro atoms. The van der Waals surface area contributed by atoms with Gasteiger partial charge in [-0.05, 0) is 12.1 Å². The van der Waals surface area contributed by atoms with Gasteiger partial charge in [-0.25, -0.2) is 14.8 Å². The topological polar surface area (TPSA) is 101 Å². The van der Waals surface area contributed by atoms with Gasteiger partial charge in [-0.15, -0.1) is 0 Å². The Morgan fingerprint density at radius 1 is 1.29 bits per heavy atom. The van der Waals surface area contributed by atoms with E-state index < -0.39 is 11.9 Å². The zero-order valence-electron chi connectivity index (χ0n) is 10.8. The number of aromatic nitrogens is 2. The molecular weight excluding hydrogens is 298 g/mol. The van der Waals surface area contributed by atoms with Gasteiger partial charge in [0.1, 0.15) is 16.6 Å².